The first-order valence-electron chi connectivity index (χ1n) is 13.9. The zero-order valence-electron chi connectivity index (χ0n) is 23.3. The number of carbonyl (C=O) groups is 4. The van der Waals surface area contributed by atoms with Crippen LogP contribution in [-0.4, -0.2) is 38.0 Å². The van der Waals surface area contributed by atoms with E-state index in [1.807, 2.05) is 18.2 Å². The maximum atomic E-state index is 13.4. The number of rotatable bonds is 8. The normalized spacial score (nSPS) is 16.7. The standard InChI is InChI=1S/C29H38N2O8S/c1-29(27(34)38-30-25(32)18-10-6-4-7-11-18,28(35)39-31-26(33)19-12-8-5-9-13-19)17-21-14-20-15-22(36-2)23(37-3)16-24(20)40-21/h14-16,18-19H,4-13,17H2,1-3H3,(H,30,32)(H,31,33). The lowest BCUT2D eigenvalue weighted by molar-refractivity contribution is -0.184. The molecule has 40 heavy (non-hydrogen) atoms. The zero-order chi connectivity index (χ0) is 28.7. The molecule has 2 N–H and O–H groups in total. The van der Waals surface area contributed by atoms with Crippen molar-refractivity contribution in [1.29, 1.82) is 0 Å². The smallest absolute Gasteiger partial charge is 0.349 e. The summed E-state index contributed by atoms with van der Waals surface area (Å²) in [6.45, 7) is 1.39. The van der Waals surface area contributed by atoms with E-state index in [0.717, 1.165) is 74.3 Å². The molecular weight excluding hydrogens is 536 g/mol. The Morgan fingerprint density at radius 3 is 1.73 bits per heavy atom. The minimum absolute atomic E-state index is 0.0761. The Morgan fingerprint density at radius 1 is 0.775 bits per heavy atom. The average Bonchev–Trinajstić information content (AvgIpc) is 3.38. The second-order valence-electron chi connectivity index (χ2n) is 10.8. The summed E-state index contributed by atoms with van der Waals surface area (Å²) in [4.78, 5) is 63.0. The van der Waals surface area contributed by atoms with Gasteiger partial charge in [-0.3, -0.25) is 9.59 Å². The summed E-state index contributed by atoms with van der Waals surface area (Å²) < 4.78 is 11.7. The molecule has 0 bridgehead atoms. The molecule has 0 radical (unpaired) electrons. The van der Waals surface area contributed by atoms with Gasteiger partial charge in [-0.2, -0.15) is 11.0 Å². The predicted molar refractivity (Wildman–Crippen MR) is 148 cm³/mol. The molecule has 1 heterocycles. The molecule has 1 aromatic heterocycles. The molecular formula is C29H38N2O8S. The van der Waals surface area contributed by atoms with E-state index in [2.05, 4.69) is 11.0 Å². The number of methoxy groups -OCH3 is 2. The lowest BCUT2D eigenvalue weighted by atomic mass is 9.86. The van der Waals surface area contributed by atoms with Crippen LogP contribution in [0.2, 0.25) is 0 Å². The summed E-state index contributed by atoms with van der Waals surface area (Å²) in [6.07, 6.45) is 8.75. The van der Waals surface area contributed by atoms with Gasteiger partial charge in [-0.15, -0.1) is 11.3 Å². The number of carbonyl (C=O) groups excluding carboxylic acids is 4. The SMILES string of the molecule is COc1cc2cc(CC(C)(C(=O)ONC(=O)C3CCCCC3)C(=O)ONC(=O)C3CCCCC3)sc2cc1OC. The molecule has 2 aliphatic carbocycles. The van der Waals surface area contributed by atoms with Crippen LogP contribution in [0.1, 0.15) is 76.0 Å². The van der Waals surface area contributed by atoms with Crippen LogP contribution in [0.15, 0.2) is 18.2 Å². The molecule has 0 saturated heterocycles. The highest BCUT2D eigenvalue weighted by atomic mass is 32.1. The Balaban J connectivity index is 1.52. The van der Waals surface area contributed by atoms with Crippen molar-refractivity contribution in [1.82, 2.24) is 11.0 Å². The number of hydrogen-bond acceptors (Lipinski definition) is 9. The Hall–Kier alpha value is -3.34. The molecule has 10 nitrogen and oxygen atoms in total. The number of thiophene rings is 1. The van der Waals surface area contributed by atoms with E-state index in [4.69, 9.17) is 19.1 Å². The number of nitrogens with one attached hydrogen (secondary N) is 2. The molecule has 218 valence electrons. The number of fused-ring (bicyclic) bond motifs is 1. The monoisotopic (exact) mass is 574 g/mol. The minimum Gasteiger partial charge on any atom is -0.493 e. The molecule has 2 saturated carbocycles. The van der Waals surface area contributed by atoms with Crippen LogP contribution in [0, 0.1) is 17.3 Å². The van der Waals surface area contributed by atoms with E-state index in [-0.39, 0.29) is 30.1 Å². The van der Waals surface area contributed by atoms with Gasteiger partial charge in [0.2, 0.25) is 0 Å². The van der Waals surface area contributed by atoms with Crippen LogP contribution in [0.3, 0.4) is 0 Å². The fourth-order valence-electron chi connectivity index (χ4n) is 5.40. The third-order valence-corrected chi connectivity index (χ3v) is 9.04. The number of ether oxygens (including phenoxy) is 2. The van der Waals surface area contributed by atoms with Crippen molar-refractivity contribution in [2.24, 2.45) is 17.3 Å². The predicted octanol–water partition coefficient (Wildman–Crippen LogP) is 4.78. The molecule has 4 rings (SSSR count). The van der Waals surface area contributed by atoms with Crippen molar-refractivity contribution in [3.63, 3.8) is 0 Å². The van der Waals surface area contributed by atoms with Gasteiger partial charge in [-0.1, -0.05) is 38.5 Å². The molecule has 0 aliphatic heterocycles. The van der Waals surface area contributed by atoms with Gasteiger partial charge in [0.05, 0.1) is 14.2 Å². The fourth-order valence-corrected chi connectivity index (χ4v) is 6.63. The van der Waals surface area contributed by atoms with Crippen molar-refractivity contribution < 1.29 is 38.3 Å². The van der Waals surface area contributed by atoms with E-state index >= 15 is 0 Å². The largest absolute Gasteiger partial charge is 0.493 e. The molecule has 11 heteroatoms. The van der Waals surface area contributed by atoms with Gasteiger partial charge in [-0.25, -0.2) is 9.59 Å². The van der Waals surface area contributed by atoms with Gasteiger partial charge in [0, 0.05) is 33.9 Å². The highest BCUT2D eigenvalue weighted by Crippen LogP contribution is 2.39. The fraction of sp³-hybridized carbons (Fsp3) is 0.586. The summed E-state index contributed by atoms with van der Waals surface area (Å²) in [5.74, 6) is -2.06. The first kappa shape index (κ1) is 29.6. The van der Waals surface area contributed by atoms with Crippen molar-refractivity contribution in [3.05, 3.63) is 23.1 Å². The highest BCUT2D eigenvalue weighted by molar-refractivity contribution is 7.19. The first-order valence-corrected chi connectivity index (χ1v) is 14.7. The Labute approximate surface area is 238 Å². The number of amides is 2. The summed E-state index contributed by atoms with van der Waals surface area (Å²) >= 11 is 1.38. The van der Waals surface area contributed by atoms with Crippen LogP contribution in [0.4, 0.5) is 0 Å². The minimum atomic E-state index is -1.85. The number of benzene rings is 1. The number of hydrogen-bond donors (Lipinski definition) is 2. The Kier molecular flexibility index (Phi) is 9.89. The quantitative estimate of drug-likeness (QED) is 0.341. The van der Waals surface area contributed by atoms with Crippen molar-refractivity contribution in [2.75, 3.05) is 14.2 Å². The van der Waals surface area contributed by atoms with Crippen LogP contribution in [0.25, 0.3) is 10.1 Å². The average molecular weight is 575 g/mol. The van der Waals surface area contributed by atoms with E-state index < -0.39 is 17.4 Å². The third kappa shape index (κ3) is 6.86. The third-order valence-electron chi connectivity index (χ3n) is 7.94. The summed E-state index contributed by atoms with van der Waals surface area (Å²) in [6, 6.07) is 5.49. The maximum absolute atomic E-state index is 13.4. The van der Waals surface area contributed by atoms with Crippen LogP contribution in [0.5, 0.6) is 11.5 Å². The van der Waals surface area contributed by atoms with Crippen LogP contribution in [-0.2, 0) is 35.3 Å². The highest BCUT2D eigenvalue weighted by Gasteiger charge is 2.47. The van der Waals surface area contributed by atoms with Gasteiger partial charge in [0.1, 0.15) is 0 Å². The van der Waals surface area contributed by atoms with Gasteiger partial charge >= 0.3 is 11.9 Å². The van der Waals surface area contributed by atoms with E-state index in [1.165, 1.54) is 18.3 Å². The molecule has 2 aromatic rings. The van der Waals surface area contributed by atoms with Crippen LogP contribution >= 0.6 is 11.3 Å². The lowest BCUT2D eigenvalue weighted by Crippen LogP contribution is -2.47. The summed E-state index contributed by atoms with van der Waals surface area (Å²) in [7, 11) is 3.09. The molecule has 1 aromatic carbocycles. The van der Waals surface area contributed by atoms with Gasteiger partial charge < -0.3 is 19.1 Å². The summed E-state index contributed by atoms with van der Waals surface area (Å²) in [5.41, 5.74) is 2.66. The van der Waals surface area contributed by atoms with Crippen molar-refractivity contribution in [3.8, 4) is 11.5 Å². The second kappa shape index (κ2) is 13.3. The maximum Gasteiger partial charge on any atom is 0.349 e. The molecule has 0 unspecified atom stereocenters. The molecule has 0 spiro atoms. The summed E-state index contributed by atoms with van der Waals surface area (Å²) in [5, 5.41) is 0.845. The second-order valence-corrected chi connectivity index (χ2v) is 12.0. The van der Waals surface area contributed by atoms with Crippen molar-refractivity contribution in [2.45, 2.75) is 77.6 Å². The molecule has 2 fully saturated rings. The topological polar surface area (TPSA) is 129 Å². The lowest BCUT2D eigenvalue weighted by Gasteiger charge is -2.26. The van der Waals surface area contributed by atoms with Crippen LogP contribution < -0.4 is 20.4 Å². The zero-order valence-corrected chi connectivity index (χ0v) is 24.2. The van der Waals surface area contributed by atoms with Gasteiger partial charge in [0.15, 0.2) is 16.9 Å². The van der Waals surface area contributed by atoms with Gasteiger partial charge in [0.25, 0.3) is 11.8 Å². The molecule has 2 amide bonds. The first-order chi connectivity index (χ1) is 19.2. The van der Waals surface area contributed by atoms with Crippen molar-refractivity contribution >= 4 is 45.2 Å². The molecule has 0 atom stereocenters. The van der Waals surface area contributed by atoms with E-state index in [1.54, 1.807) is 14.2 Å². The molecule has 2 aliphatic rings. The van der Waals surface area contributed by atoms with E-state index in [0.29, 0.717) is 16.4 Å². The van der Waals surface area contributed by atoms with Gasteiger partial charge in [-0.05, 0) is 50.1 Å². The van der Waals surface area contributed by atoms with E-state index in [9.17, 15) is 19.2 Å². The Morgan fingerprint density at radius 2 is 1.25 bits per heavy atom. The number of hydroxylamine groups is 2. The Bertz CT molecular complexity index is 1140.